The van der Waals surface area contributed by atoms with E-state index in [1.807, 2.05) is 31.2 Å². The molecule has 0 heterocycles. The van der Waals surface area contributed by atoms with Gasteiger partial charge in [0.05, 0.1) is 5.56 Å². The van der Waals surface area contributed by atoms with E-state index in [1.165, 1.54) is 0 Å². The van der Waals surface area contributed by atoms with Crippen molar-refractivity contribution in [1.82, 2.24) is 10.6 Å². The second-order valence-electron chi connectivity index (χ2n) is 6.01. The number of hydrogen-bond donors (Lipinski definition) is 3. The zero-order chi connectivity index (χ0) is 19.6. The van der Waals surface area contributed by atoms with E-state index in [-0.39, 0.29) is 24.4 Å². The van der Waals surface area contributed by atoms with Crippen LogP contribution in [0.2, 0.25) is 0 Å². The van der Waals surface area contributed by atoms with Crippen molar-refractivity contribution in [1.29, 1.82) is 0 Å². The molecule has 0 saturated carbocycles. The smallest absolute Gasteiger partial charge is 0.254 e. The van der Waals surface area contributed by atoms with Gasteiger partial charge in [-0.2, -0.15) is 0 Å². The Morgan fingerprint density at radius 3 is 2.63 bits per heavy atom. The molecule has 2 aromatic carbocycles. The third-order valence-corrected chi connectivity index (χ3v) is 3.83. The summed E-state index contributed by atoms with van der Waals surface area (Å²) in [5, 5.41) is 8.55. The van der Waals surface area contributed by atoms with Crippen LogP contribution in [0.4, 0.5) is 14.5 Å². The van der Waals surface area contributed by atoms with Crippen molar-refractivity contribution in [2.45, 2.75) is 26.3 Å². The van der Waals surface area contributed by atoms with Gasteiger partial charge in [-0.25, -0.2) is 8.78 Å². The molecule has 0 fully saturated rings. The van der Waals surface area contributed by atoms with E-state index in [0.29, 0.717) is 18.2 Å². The van der Waals surface area contributed by atoms with Crippen molar-refractivity contribution < 1.29 is 18.4 Å². The molecule has 27 heavy (non-hydrogen) atoms. The molecule has 3 N–H and O–H groups in total. The monoisotopic (exact) mass is 375 g/mol. The fraction of sp³-hybridized carbons (Fsp3) is 0.300. The summed E-state index contributed by atoms with van der Waals surface area (Å²) in [6.07, 6.45) is 0.612. The minimum atomic E-state index is -0.914. The van der Waals surface area contributed by atoms with Crippen molar-refractivity contribution in [3.63, 3.8) is 0 Å². The number of benzene rings is 2. The van der Waals surface area contributed by atoms with Crippen molar-refractivity contribution in [2.24, 2.45) is 0 Å². The Hall–Kier alpha value is -2.80. The summed E-state index contributed by atoms with van der Waals surface area (Å²) in [4.78, 5) is 23.9. The van der Waals surface area contributed by atoms with Gasteiger partial charge >= 0.3 is 0 Å². The van der Waals surface area contributed by atoms with Crippen LogP contribution in [-0.2, 0) is 11.3 Å². The molecule has 2 aromatic rings. The molecular formula is C20H23F2N3O2. The largest absolute Gasteiger partial charge is 0.352 e. The van der Waals surface area contributed by atoms with Gasteiger partial charge in [0.2, 0.25) is 5.91 Å². The van der Waals surface area contributed by atoms with Crippen molar-refractivity contribution >= 4 is 17.5 Å². The van der Waals surface area contributed by atoms with Crippen LogP contribution in [0.1, 0.15) is 35.7 Å². The average molecular weight is 375 g/mol. The number of anilines is 1. The molecule has 0 aliphatic rings. The fourth-order valence-electron chi connectivity index (χ4n) is 2.47. The van der Waals surface area contributed by atoms with E-state index in [2.05, 4.69) is 16.0 Å². The number of rotatable bonds is 9. The molecule has 0 bridgehead atoms. The maximum absolute atomic E-state index is 13.5. The van der Waals surface area contributed by atoms with Crippen molar-refractivity contribution in [3.05, 3.63) is 65.2 Å². The number of hydrogen-bond acceptors (Lipinski definition) is 3. The Morgan fingerprint density at radius 1 is 1.07 bits per heavy atom. The van der Waals surface area contributed by atoms with Gasteiger partial charge in [-0.1, -0.05) is 19.1 Å². The Kier molecular flexibility index (Phi) is 7.88. The fourth-order valence-corrected chi connectivity index (χ4v) is 2.47. The van der Waals surface area contributed by atoms with Gasteiger partial charge in [-0.15, -0.1) is 0 Å². The summed E-state index contributed by atoms with van der Waals surface area (Å²) in [5.74, 6) is -2.46. The number of carbonyl (C=O) groups excluding carboxylic acids is 2. The third-order valence-electron chi connectivity index (χ3n) is 3.83. The zero-order valence-corrected chi connectivity index (χ0v) is 15.1. The van der Waals surface area contributed by atoms with E-state index in [9.17, 15) is 18.4 Å². The van der Waals surface area contributed by atoms with Gasteiger partial charge in [0.25, 0.3) is 5.91 Å². The van der Waals surface area contributed by atoms with E-state index in [1.54, 1.807) is 0 Å². The molecule has 0 saturated heterocycles. The molecule has 5 nitrogen and oxygen atoms in total. The first-order valence-corrected chi connectivity index (χ1v) is 8.82. The topological polar surface area (TPSA) is 70.2 Å². The lowest BCUT2D eigenvalue weighted by Gasteiger charge is -2.09. The molecule has 0 atom stereocenters. The van der Waals surface area contributed by atoms with Crippen molar-refractivity contribution in [2.75, 3.05) is 18.4 Å². The van der Waals surface area contributed by atoms with Crippen LogP contribution >= 0.6 is 0 Å². The Bertz CT molecular complexity index is 797. The molecule has 0 radical (unpaired) electrons. The molecule has 2 amide bonds. The highest BCUT2D eigenvalue weighted by atomic mass is 19.1. The first kappa shape index (κ1) is 20.5. The van der Waals surface area contributed by atoms with Crippen LogP contribution in [0.5, 0.6) is 0 Å². The normalized spacial score (nSPS) is 10.5. The van der Waals surface area contributed by atoms with Gasteiger partial charge in [0.15, 0.2) is 0 Å². The summed E-state index contributed by atoms with van der Waals surface area (Å²) >= 11 is 0. The van der Waals surface area contributed by atoms with E-state index in [4.69, 9.17) is 0 Å². The second-order valence-corrected chi connectivity index (χ2v) is 6.01. The molecule has 0 aliphatic carbocycles. The first-order valence-electron chi connectivity index (χ1n) is 8.82. The maximum Gasteiger partial charge on any atom is 0.254 e. The quantitative estimate of drug-likeness (QED) is 0.590. The number of nitrogens with one attached hydrogen (secondary N) is 3. The van der Waals surface area contributed by atoms with Crippen LogP contribution in [0.25, 0.3) is 0 Å². The molecule has 0 aliphatic heterocycles. The molecule has 2 rings (SSSR count). The average Bonchev–Trinajstić information content (AvgIpc) is 2.63. The lowest BCUT2D eigenvalue weighted by molar-refractivity contribution is -0.116. The molecule has 0 unspecified atom stereocenters. The summed E-state index contributed by atoms with van der Waals surface area (Å²) in [7, 11) is 0. The third kappa shape index (κ3) is 6.79. The van der Waals surface area contributed by atoms with Crippen LogP contribution in [0.3, 0.4) is 0 Å². The van der Waals surface area contributed by atoms with Gasteiger partial charge in [-0.05, 0) is 42.8 Å². The van der Waals surface area contributed by atoms with Crippen LogP contribution < -0.4 is 16.0 Å². The molecule has 7 heteroatoms. The first-order chi connectivity index (χ1) is 13.0. The molecular weight excluding hydrogens is 352 g/mol. The SMILES string of the molecule is CCNCc1cccc(NC(=O)CCCNC(=O)c2ccc(F)cc2F)c1. The van der Waals surface area contributed by atoms with E-state index in [0.717, 1.165) is 30.8 Å². The van der Waals surface area contributed by atoms with Gasteiger partial charge in [-0.3, -0.25) is 9.59 Å². The van der Waals surface area contributed by atoms with E-state index >= 15 is 0 Å². The van der Waals surface area contributed by atoms with Crippen molar-refractivity contribution in [3.8, 4) is 0 Å². The summed E-state index contributed by atoms with van der Waals surface area (Å²) < 4.78 is 26.4. The molecule has 144 valence electrons. The number of halogens is 2. The number of amides is 2. The molecule has 0 aromatic heterocycles. The highest BCUT2D eigenvalue weighted by Gasteiger charge is 2.12. The van der Waals surface area contributed by atoms with Crippen LogP contribution in [0, 0.1) is 11.6 Å². The number of carbonyl (C=O) groups is 2. The highest BCUT2D eigenvalue weighted by molar-refractivity contribution is 5.94. The van der Waals surface area contributed by atoms with Gasteiger partial charge < -0.3 is 16.0 Å². The lowest BCUT2D eigenvalue weighted by atomic mass is 10.2. The Labute approximate surface area is 157 Å². The lowest BCUT2D eigenvalue weighted by Crippen LogP contribution is -2.26. The maximum atomic E-state index is 13.5. The predicted molar refractivity (Wildman–Crippen MR) is 100 cm³/mol. The molecule has 0 spiro atoms. The Morgan fingerprint density at radius 2 is 1.89 bits per heavy atom. The minimum Gasteiger partial charge on any atom is -0.352 e. The minimum absolute atomic E-state index is 0.169. The predicted octanol–water partition coefficient (Wildman–Crippen LogP) is 3.22. The summed E-state index contributed by atoms with van der Waals surface area (Å²) in [6, 6.07) is 10.3. The van der Waals surface area contributed by atoms with Crippen LogP contribution in [0.15, 0.2) is 42.5 Å². The van der Waals surface area contributed by atoms with Gasteiger partial charge in [0, 0.05) is 31.3 Å². The second kappa shape index (κ2) is 10.4. The Balaban J connectivity index is 1.74. The summed E-state index contributed by atoms with van der Waals surface area (Å²) in [5.41, 5.74) is 1.56. The van der Waals surface area contributed by atoms with Gasteiger partial charge in [0.1, 0.15) is 11.6 Å². The van der Waals surface area contributed by atoms with Crippen LogP contribution in [-0.4, -0.2) is 24.9 Å². The summed E-state index contributed by atoms with van der Waals surface area (Å²) in [6.45, 7) is 3.83. The standard InChI is InChI=1S/C20H23F2N3O2/c1-2-23-13-14-5-3-6-16(11-14)25-19(26)7-4-10-24-20(27)17-9-8-15(21)12-18(17)22/h3,5-6,8-9,11-12,23H,2,4,7,10,13H2,1H3,(H,24,27)(H,25,26). The zero-order valence-electron chi connectivity index (χ0n) is 15.1. The van der Waals surface area contributed by atoms with E-state index < -0.39 is 17.5 Å². The highest BCUT2D eigenvalue weighted by Crippen LogP contribution is 2.12.